The number of piperidine rings is 1. The fourth-order valence-electron chi connectivity index (χ4n) is 3.17. The Hall–Kier alpha value is -1.14. The molecule has 124 valence electrons. The Morgan fingerprint density at radius 1 is 1.26 bits per heavy atom. The third-order valence-corrected chi connectivity index (χ3v) is 5.14. The number of hydrogen-bond acceptors (Lipinski definition) is 4. The summed E-state index contributed by atoms with van der Waals surface area (Å²) in [6, 6.07) is 5.79. The molecule has 7 heteroatoms. The monoisotopic (exact) mass is 354 g/mol. The maximum Gasteiger partial charge on any atom is 0.158 e. The van der Waals surface area contributed by atoms with E-state index < -0.39 is 0 Å². The van der Waals surface area contributed by atoms with Crippen LogP contribution in [0, 0.1) is 0 Å². The van der Waals surface area contributed by atoms with Gasteiger partial charge in [-0.05, 0) is 37.1 Å². The maximum absolute atomic E-state index is 9.27. The Labute approximate surface area is 145 Å². The Morgan fingerprint density at radius 2 is 2.09 bits per heavy atom. The van der Waals surface area contributed by atoms with Crippen molar-refractivity contribution in [3.63, 3.8) is 0 Å². The van der Waals surface area contributed by atoms with E-state index in [1.165, 1.54) is 0 Å². The number of nitrogens with zero attached hydrogens (tertiary/aromatic N) is 4. The van der Waals surface area contributed by atoms with Gasteiger partial charge in [0.1, 0.15) is 12.4 Å². The first-order chi connectivity index (χ1) is 11.1. The molecule has 1 N–H and O–H groups in total. The van der Waals surface area contributed by atoms with Gasteiger partial charge in [0.05, 0.1) is 10.0 Å². The van der Waals surface area contributed by atoms with Crippen LogP contribution in [0.25, 0.3) is 0 Å². The summed E-state index contributed by atoms with van der Waals surface area (Å²) in [6.07, 6.45) is 2.21. The summed E-state index contributed by atoms with van der Waals surface area (Å²) in [5.41, 5.74) is 1.16. The molecule has 1 aliphatic heterocycles. The van der Waals surface area contributed by atoms with Crippen LogP contribution in [0.3, 0.4) is 0 Å². The lowest BCUT2D eigenvalue weighted by molar-refractivity contribution is 0.194. The van der Waals surface area contributed by atoms with E-state index >= 15 is 0 Å². The highest BCUT2D eigenvalue weighted by molar-refractivity contribution is 6.42. The summed E-state index contributed by atoms with van der Waals surface area (Å²) in [5, 5.41) is 18.8. The van der Waals surface area contributed by atoms with E-state index in [4.69, 9.17) is 23.2 Å². The minimum absolute atomic E-state index is 0.0802. The summed E-state index contributed by atoms with van der Waals surface area (Å²) in [7, 11) is 1.92. The molecule has 1 aromatic heterocycles. The van der Waals surface area contributed by atoms with Gasteiger partial charge in [-0.1, -0.05) is 29.3 Å². The second kappa shape index (κ2) is 7.18. The van der Waals surface area contributed by atoms with Crippen molar-refractivity contribution in [1.29, 1.82) is 0 Å². The van der Waals surface area contributed by atoms with Gasteiger partial charge in [-0.2, -0.15) is 0 Å². The summed E-state index contributed by atoms with van der Waals surface area (Å²) in [4.78, 5) is 2.40. The minimum Gasteiger partial charge on any atom is -0.388 e. The van der Waals surface area contributed by atoms with Gasteiger partial charge in [-0.3, -0.25) is 4.90 Å². The third kappa shape index (κ3) is 3.69. The molecule has 3 rings (SSSR count). The first-order valence-corrected chi connectivity index (χ1v) is 8.49. The Kier molecular flexibility index (Phi) is 5.21. The smallest absolute Gasteiger partial charge is 0.158 e. The van der Waals surface area contributed by atoms with Crippen molar-refractivity contribution in [2.24, 2.45) is 7.05 Å². The van der Waals surface area contributed by atoms with Gasteiger partial charge in [0, 0.05) is 26.1 Å². The first-order valence-electron chi connectivity index (χ1n) is 7.73. The topological polar surface area (TPSA) is 54.2 Å². The molecule has 2 aromatic rings. The normalized spacial score (nSPS) is 19.2. The Morgan fingerprint density at radius 3 is 2.78 bits per heavy atom. The fourth-order valence-corrected chi connectivity index (χ4v) is 3.50. The molecule has 5 nitrogen and oxygen atoms in total. The van der Waals surface area contributed by atoms with E-state index in [0.717, 1.165) is 43.9 Å². The molecule has 0 aliphatic carbocycles. The Balaban J connectivity index is 1.70. The fraction of sp³-hybridized carbons (Fsp3) is 0.500. The van der Waals surface area contributed by atoms with Crippen molar-refractivity contribution >= 4 is 23.2 Å². The molecule has 0 saturated carbocycles. The van der Waals surface area contributed by atoms with Gasteiger partial charge in [0.25, 0.3) is 0 Å². The molecule has 2 heterocycles. The van der Waals surface area contributed by atoms with Gasteiger partial charge in [-0.15, -0.1) is 10.2 Å². The van der Waals surface area contributed by atoms with Gasteiger partial charge in [0.2, 0.25) is 0 Å². The number of rotatable bonds is 4. The van der Waals surface area contributed by atoms with Crippen LogP contribution in [0.2, 0.25) is 10.0 Å². The van der Waals surface area contributed by atoms with Crippen molar-refractivity contribution in [1.82, 2.24) is 19.7 Å². The zero-order valence-electron chi connectivity index (χ0n) is 13.0. The minimum atomic E-state index is -0.0802. The molecular weight excluding hydrogens is 335 g/mol. The largest absolute Gasteiger partial charge is 0.388 e. The highest BCUT2D eigenvalue weighted by Crippen LogP contribution is 2.28. The second-order valence-corrected chi connectivity index (χ2v) is 6.83. The molecule has 1 aromatic carbocycles. The number of halogens is 2. The summed E-state index contributed by atoms with van der Waals surface area (Å²) in [6.45, 7) is 2.75. The quantitative estimate of drug-likeness (QED) is 0.916. The number of benzene rings is 1. The maximum atomic E-state index is 9.27. The average molecular weight is 355 g/mol. The first kappa shape index (κ1) is 16.7. The zero-order chi connectivity index (χ0) is 16.4. The SMILES string of the molecule is Cn1c(CO)nnc1[C@H]1CCCN(Cc2ccc(Cl)c(Cl)c2)C1. The molecule has 1 saturated heterocycles. The molecule has 1 aliphatic rings. The standard InChI is InChI=1S/C16H20Cl2N4O/c1-21-15(10-23)19-20-16(21)12-3-2-6-22(9-12)8-11-4-5-13(17)14(18)7-11/h4-5,7,12,23H,2-3,6,8-10H2,1H3/t12-/m0/s1. The number of aliphatic hydroxyl groups is 1. The average Bonchev–Trinajstić information content (AvgIpc) is 2.92. The highest BCUT2D eigenvalue weighted by atomic mass is 35.5. The van der Waals surface area contributed by atoms with E-state index in [2.05, 4.69) is 15.1 Å². The van der Waals surface area contributed by atoms with Crippen LogP contribution < -0.4 is 0 Å². The number of hydrogen-bond donors (Lipinski definition) is 1. The van der Waals surface area contributed by atoms with Gasteiger partial charge in [0.15, 0.2) is 5.82 Å². The number of likely N-dealkylation sites (tertiary alicyclic amines) is 1. The predicted octanol–water partition coefficient (Wildman–Crippen LogP) is 2.99. The lowest BCUT2D eigenvalue weighted by Gasteiger charge is -2.32. The summed E-state index contributed by atoms with van der Waals surface area (Å²) >= 11 is 12.1. The van der Waals surface area contributed by atoms with E-state index in [9.17, 15) is 5.11 Å². The lowest BCUT2D eigenvalue weighted by Crippen LogP contribution is -2.34. The van der Waals surface area contributed by atoms with Crippen molar-refractivity contribution in [3.05, 3.63) is 45.5 Å². The molecule has 23 heavy (non-hydrogen) atoms. The molecule has 1 fully saturated rings. The molecule has 0 radical (unpaired) electrons. The molecule has 0 unspecified atom stereocenters. The van der Waals surface area contributed by atoms with Crippen LogP contribution in [0.5, 0.6) is 0 Å². The van der Waals surface area contributed by atoms with E-state index in [0.29, 0.717) is 21.8 Å². The third-order valence-electron chi connectivity index (χ3n) is 4.40. The molecule has 0 spiro atoms. The van der Waals surface area contributed by atoms with Crippen LogP contribution >= 0.6 is 23.2 Å². The molecule has 0 bridgehead atoms. The lowest BCUT2D eigenvalue weighted by atomic mass is 9.96. The molecule has 0 amide bonds. The van der Waals surface area contributed by atoms with Gasteiger partial charge in [-0.25, -0.2) is 0 Å². The van der Waals surface area contributed by atoms with Crippen LogP contribution in [0.15, 0.2) is 18.2 Å². The van der Waals surface area contributed by atoms with Gasteiger partial charge < -0.3 is 9.67 Å². The van der Waals surface area contributed by atoms with Crippen molar-refractivity contribution in [3.8, 4) is 0 Å². The van der Waals surface area contributed by atoms with Crippen molar-refractivity contribution < 1.29 is 5.11 Å². The molecule has 1 atom stereocenters. The van der Waals surface area contributed by atoms with Crippen LogP contribution in [0.1, 0.15) is 36.0 Å². The van der Waals surface area contributed by atoms with Crippen LogP contribution in [0.4, 0.5) is 0 Å². The van der Waals surface area contributed by atoms with Crippen molar-refractivity contribution in [2.45, 2.75) is 31.9 Å². The summed E-state index contributed by atoms with van der Waals surface area (Å²) in [5.74, 6) is 1.90. The van der Waals surface area contributed by atoms with Crippen LogP contribution in [-0.2, 0) is 20.2 Å². The van der Waals surface area contributed by atoms with E-state index in [1.807, 2.05) is 29.8 Å². The number of aliphatic hydroxyl groups excluding tert-OH is 1. The second-order valence-electron chi connectivity index (χ2n) is 6.01. The van der Waals surface area contributed by atoms with E-state index in [-0.39, 0.29) is 6.61 Å². The molecular formula is C16H20Cl2N4O. The van der Waals surface area contributed by atoms with Gasteiger partial charge >= 0.3 is 0 Å². The zero-order valence-corrected chi connectivity index (χ0v) is 14.6. The number of aromatic nitrogens is 3. The van der Waals surface area contributed by atoms with Crippen LogP contribution in [-0.4, -0.2) is 37.9 Å². The predicted molar refractivity (Wildman–Crippen MR) is 90.6 cm³/mol. The Bertz CT molecular complexity index is 689. The van der Waals surface area contributed by atoms with E-state index in [1.54, 1.807) is 0 Å². The highest BCUT2D eigenvalue weighted by Gasteiger charge is 2.25. The summed E-state index contributed by atoms with van der Waals surface area (Å²) < 4.78 is 1.91. The van der Waals surface area contributed by atoms with Crippen molar-refractivity contribution in [2.75, 3.05) is 13.1 Å².